The number of nitrogens with zero attached hydrogens (tertiary/aromatic N) is 2. The summed E-state index contributed by atoms with van der Waals surface area (Å²) in [6.45, 7) is 3.16. The molecule has 2 aliphatic heterocycles. The molecule has 0 aliphatic carbocycles. The number of halogens is 1. The minimum atomic E-state index is -0.00605. The van der Waals surface area contributed by atoms with E-state index in [1.807, 2.05) is 6.07 Å². The van der Waals surface area contributed by atoms with Crippen LogP contribution >= 0.6 is 11.6 Å². The maximum absolute atomic E-state index is 9.25. The molecule has 3 rings (SSSR count). The van der Waals surface area contributed by atoms with Gasteiger partial charge in [-0.2, -0.15) is 0 Å². The lowest BCUT2D eigenvalue weighted by Crippen LogP contribution is -2.46. The van der Waals surface area contributed by atoms with Crippen molar-refractivity contribution < 1.29 is 9.84 Å². The number of fused-ring (bicyclic) bond motifs is 2. The predicted molar refractivity (Wildman–Crippen MR) is 68.5 cm³/mol. The maximum atomic E-state index is 9.25. The Morgan fingerprint density at radius 3 is 2.89 bits per heavy atom. The molecule has 2 aliphatic rings. The standard InChI is InChI=1S/C13H17ClN2O2/c14-12-2-1-10-11(15-12)9-16(5-6-17)13(10)3-7-18-8-4-13/h1-2,17H,3-9H2. The van der Waals surface area contributed by atoms with Crippen LogP contribution in [-0.4, -0.2) is 41.4 Å². The molecular formula is C13H17ClN2O2. The summed E-state index contributed by atoms with van der Waals surface area (Å²) in [6, 6.07) is 3.95. The molecule has 1 saturated heterocycles. The molecule has 0 unspecified atom stereocenters. The SMILES string of the molecule is OCCN1Cc2nc(Cl)ccc2C12CCOCC2. The van der Waals surface area contributed by atoms with Crippen LogP contribution in [0.5, 0.6) is 0 Å². The van der Waals surface area contributed by atoms with E-state index in [2.05, 4.69) is 16.0 Å². The zero-order chi connectivity index (χ0) is 12.6. The first kappa shape index (κ1) is 12.4. The smallest absolute Gasteiger partial charge is 0.129 e. The molecule has 0 radical (unpaired) electrons. The van der Waals surface area contributed by atoms with Gasteiger partial charge < -0.3 is 9.84 Å². The minimum absolute atomic E-state index is 0.00605. The van der Waals surface area contributed by atoms with E-state index in [4.69, 9.17) is 16.3 Å². The number of ether oxygens (including phenoxy) is 1. The first-order chi connectivity index (χ1) is 8.76. The molecule has 18 heavy (non-hydrogen) atoms. The average Bonchev–Trinajstić information content (AvgIpc) is 2.65. The monoisotopic (exact) mass is 268 g/mol. The van der Waals surface area contributed by atoms with Crippen LogP contribution in [0.3, 0.4) is 0 Å². The first-order valence-electron chi connectivity index (χ1n) is 6.36. The van der Waals surface area contributed by atoms with Crippen LogP contribution in [0.25, 0.3) is 0 Å². The molecule has 3 heterocycles. The van der Waals surface area contributed by atoms with Crippen LogP contribution in [-0.2, 0) is 16.8 Å². The summed E-state index contributed by atoms with van der Waals surface area (Å²) < 4.78 is 5.49. The van der Waals surface area contributed by atoms with Gasteiger partial charge in [-0.05, 0) is 24.5 Å². The summed E-state index contributed by atoms with van der Waals surface area (Å²) in [5.74, 6) is 0. The van der Waals surface area contributed by atoms with Crippen molar-refractivity contribution in [1.82, 2.24) is 9.88 Å². The molecule has 0 saturated carbocycles. The summed E-state index contributed by atoms with van der Waals surface area (Å²) in [6.07, 6.45) is 1.92. The Labute approximate surface area is 112 Å². The van der Waals surface area contributed by atoms with Crippen LogP contribution in [0.2, 0.25) is 5.15 Å². The van der Waals surface area contributed by atoms with Crippen LogP contribution < -0.4 is 0 Å². The Morgan fingerprint density at radius 2 is 2.17 bits per heavy atom. The van der Waals surface area contributed by atoms with Gasteiger partial charge in [0.25, 0.3) is 0 Å². The van der Waals surface area contributed by atoms with Crippen molar-refractivity contribution in [3.05, 3.63) is 28.5 Å². The third-order valence-electron chi connectivity index (χ3n) is 4.08. The highest BCUT2D eigenvalue weighted by molar-refractivity contribution is 6.29. The van der Waals surface area contributed by atoms with Crippen molar-refractivity contribution in [1.29, 1.82) is 0 Å². The van der Waals surface area contributed by atoms with Gasteiger partial charge in [0.2, 0.25) is 0 Å². The highest BCUT2D eigenvalue weighted by Crippen LogP contribution is 2.45. The van der Waals surface area contributed by atoms with Crippen LogP contribution in [0.15, 0.2) is 12.1 Å². The summed E-state index contributed by atoms with van der Waals surface area (Å²) in [5.41, 5.74) is 2.31. The average molecular weight is 269 g/mol. The van der Waals surface area contributed by atoms with E-state index in [0.717, 1.165) is 38.3 Å². The minimum Gasteiger partial charge on any atom is -0.395 e. The number of hydrogen-bond acceptors (Lipinski definition) is 4. The van der Waals surface area contributed by atoms with Gasteiger partial charge in [-0.25, -0.2) is 4.98 Å². The summed E-state index contributed by atoms with van der Waals surface area (Å²) >= 11 is 5.97. The normalized spacial score (nSPS) is 22.3. The van der Waals surface area contributed by atoms with E-state index in [1.54, 1.807) is 0 Å². The second-order valence-corrected chi connectivity index (χ2v) is 5.30. The van der Waals surface area contributed by atoms with Gasteiger partial charge in [-0.3, -0.25) is 4.90 Å². The van der Waals surface area contributed by atoms with Gasteiger partial charge >= 0.3 is 0 Å². The van der Waals surface area contributed by atoms with E-state index < -0.39 is 0 Å². The molecule has 1 aromatic rings. The number of rotatable bonds is 2. The third kappa shape index (κ3) is 1.84. The number of aromatic nitrogens is 1. The van der Waals surface area contributed by atoms with Crippen molar-refractivity contribution in [2.45, 2.75) is 24.9 Å². The molecule has 5 heteroatoms. The van der Waals surface area contributed by atoms with Gasteiger partial charge in [0.15, 0.2) is 0 Å². The largest absolute Gasteiger partial charge is 0.395 e. The van der Waals surface area contributed by atoms with Crippen LogP contribution in [0.1, 0.15) is 24.1 Å². The van der Waals surface area contributed by atoms with Gasteiger partial charge in [0.1, 0.15) is 5.15 Å². The van der Waals surface area contributed by atoms with E-state index in [1.165, 1.54) is 5.56 Å². The molecule has 0 atom stereocenters. The van der Waals surface area contributed by atoms with Gasteiger partial charge in [0.05, 0.1) is 17.8 Å². The molecular weight excluding hydrogens is 252 g/mol. The Balaban J connectivity index is 2.02. The Bertz CT molecular complexity index is 447. The zero-order valence-electron chi connectivity index (χ0n) is 10.2. The van der Waals surface area contributed by atoms with Crippen molar-refractivity contribution in [2.75, 3.05) is 26.4 Å². The lowest BCUT2D eigenvalue weighted by atomic mass is 9.83. The Hall–Kier alpha value is -0.680. The molecule has 4 nitrogen and oxygen atoms in total. The zero-order valence-corrected chi connectivity index (χ0v) is 11.0. The van der Waals surface area contributed by atoms with Crippen molar-refractivity contribution in [3.63, 3.8) is 0 Å². The Kier molecular flexibility index (Phi) is 3.28. The van der Waals surface area contributed by atoms with Crippen LogP contribution in [0, 0.1) is 0 Å². The van der Waals surface area contributed by atoms with Gasteiger partial charge in [-0.1, -0.05) is 17.7 Å². The molecule has 1 N–H and O–H groups in total. The maximum Gasteiger partial charge on any atom is 0.129 e. The van der Waals surface area contributed by atoms with Crippen molar-refractivity contribution in [3.8, 4) is 0 Å². The third-order valence-corrected chi connectivity index (χ3v) is 4.29. The van der Waals surface area contributed by atoms with E-state index in [9.17, 15) is 5.11 Å². The molecule has 0 bridgehead atoms. The summed E-state index contributed by atoms with van der Waals surface area (Å²) in [7, 11) is 0. The fraction of sp³-hybridized carbons (Fsp3) is 0.615. The Morgan fingerprint density at radius 1 is 1.39 bits per heavy atom. The van der Waals surface area contributed by atoms with E-state index >= 15 is 0 Å². The summed E-state index contributed by atoms with van der Waals surface area (Å²) in [5, 5.41) is 9.80. The fourth-order valence-corrected chi connectivity index (χ4v) is 3.39. The molecule has 1 aromatic heterocycles. The number of pyridine rings is 1. The van der Waals surface area contributed by atoms with Crippen molar-refractivity contribution in [2.24, 2.45) is 0 Å². The predicted octanol–water partition coefficient (Wildman–Crippen LogP) is 1.55. The highest BCUT2D eigenvalue weighted by Gasteiger charge is 2.46. The van der Waals surface area contributed by atoms with Gasteiger partial charge in [-0.15, -0.1) is 0 Å². The topological polar surface area (TPSA) is 45.6 Å². The molecule has 98 valence electrons. The number of aliphatic hydroxyl groups excluding tert-OH is 1. The van der Waals surface area contributed by atoms with Gasteiger partial charge in [0, 0.05) is 26.3 Å². The van der Waals surface area contributed by atoms with E-state index in [0.29, 0.717) is 11.7 Å². The molecule has 1 spiro atoms. The quantitative estimate of drug-likeness (QED) is 0.827. The lowest BCUT2D eigenvalue weighted by molar-refractivity contribution is -0.0302. The lowest BCUT2D eigenvalue weighted by Gasteiger charge is -2.41. The highest BCUT2D eigenvalue weighted by atomic mass is 35.5. The first-order valence-corrected chi connectivity index (χ1v) is 6.74. The second-order valence-electron chi connectivity index (χ2n) is 4.92. The molecule has 1 fully saturated rings. The summed E-state index contributed by atoms with van der Waals surface area (Å²) in [4.78, 5) is 6.76. The molecule has 0 aromatic carbocycles. The number of aliphatic hydroxyl groups is 1. The van der Waals surface area contributed by atoms with Crippen LogP contribution in [0.4, 0.5) is 0 Å². The number of β-amino-alcohol motifs (C(OH)–C–C–N with tert-alkyl or cyclic N) is 1. The fourth-order valence-electron chi connectivity index (χ4n) is 3.23. The number of hydrogen-bond donors (Lipinski definition) is 1. The second kappa shape index (κ2) is 4.78. The van der Waals surface area contributed by atoms with Crippen molar-refractivity contribution >= 4 is 11.6 Å². The molecule has 0 amide bonds. The van der Waals surface area contributed by atoms with E-state index in [-0.39, 0.29) is 12.1 Å².